The fourth-order valence-electron chi connectivity index (χ4n) is 1.42. The van der Waals surface area contributed by atoms with Crippen LogP contribution in [0.4, 0.5) is 4.39 Å². The molecule has 0 aliphatic carbocycles. The lowest BCUT2D eigenvalue weighted by atomic mass is 10.0. The number of halogens is 1. The molecule has 1 rings (SSSR count). The third-order valence-corrected chi connectivity index (χ3v) is 2.19. The van der Waals surface area contributed by atoms with Crippen molar-refractivity contribution >= 4 is 0 Å². The molecular weight excluding hydrogens is 177 g/mol. The Morgan fingerprint density at radius 1 is 1.43 bits per heavy atom. The smallest absolute Gasteiger partial charge is 0.123 e. The van der Waals surface area contributed by atoms with Gasteiger partial charge in [-0.2, -0.15) is 0 Å². The maximum atomic E-state index is 12.7. The van der Waals surface area contributed by atoms with Gasteiger partial charge < -0.3 is 5.32 Å². The maximum Gasteiger partial charge on any atom is 0.123 e. The summed E-state index contributed by atoms with van der Waals surface area (Å²) in [5, 5.41) is 3.31. The lowest BCUT2D eigenvalue weighted by molar-refractivity contribution is 0.549. The largest absolute Gasteiger partial charge is 0.306 e. The molecule has 0 bridgehead atoms. The summed E-state index contributed by atoms with van der Waals surface area (Å²) in [4.78, 5) is 0. The van der Waals surface area contributed by atoms with E-state index >= 15 is 0 Å². The zero-order valence-corrected chi connectivity index (χ0v) is 8.46. The number of rotatable bonds is 5. The lowest BCUT2D eigenvalue weighted by Gasteiger charge is -2.15. The fraction of sp³-hybridized carbons (Fsp3) is 0.333. The molecule has 0 heterocycles. The van der Waals surface area contributed by atoms with E-state index < -0.39 is 0 Å². The first-order valence-corrected chi connectivity index (χ1v) is 4.87. The quantitative estimate of drug-likeness (QED) is 0.709. The van der Waals surface area contributed by atoms with E-state index in [9.17, 15) is 4.39 Å². The van der Waals surface area contributed by atoms with Gasteiger partial charge in [0, 0.05) is 12.6 Å². The number of nitrogens with one attached hydrogen (secondary N) is 1. The van der Waals surface area contributed by atoms with Crippen LogP contribution in [0.25, 0.3) is 0 Å². The summed E-state index contributed by atoms with van der Waals surface area (Å²) >= 11 is 0. The van der Waals surface area contributed by atoms with Gasteiger partial charge in [0.25, 0.3) is 0 Å². The van der Waals surface area contributed by atoms with Crippen molar-refractivity contribution in [2.75, 3.05) is 6.54 Å². The Morgan fingerprint density at radius 3 is 2.57 bits per heavy atom. The van der Waals surface area contributed by atoms with Crippen LogP contribution in [0.15, 0.2) is 36.9 Å². The summed E-state index contributed by atoms with van der Waals surface area (Å²) < 4.78 is 12.7. The molecule has 0 aliphatic rings. The van der Waals surface area contributed by atoms with E-state index in [4.69, 9.17) is 0 Å². The Labute approximate surface area is 84.6 Å². The van der Waals surface area contributed by atoms with Gasteiger partial charge >= 0.3 is 0 Å². The Balaban J connectivity index is 2.68. The first kappa shape index (κ1) is 10.9. The van der Waals surface area contributed by atoms with Gasteiger partial charge in [-0.15, -0.1) is 6.58 Å². The second-order valence-corrected chi connectivity index (χ2v) is 3.21. The van der Waals surface area contributed by atoms with Crippen LogP contribution in [-0.2, 0) is 0 Å². The van der Waals surface area contributed by atoms with Crippen molar-refractivity contribution in [2.45, 2.75) is 19.4 Å². The van der Waals surface area contributed by atoms with Crippen LogP contribution >= 0.6 is 0 Å². The van der Waals surface area contributed by atoms with Crippen molar-refractivity contribution in [1.29, 1.82) is 0 Å². The van der Waals surface area contributed by atoms with Crippen molar-refractivity contribution in [2.24, 2.45) is 0 Å². The maximum absolute atomic E-state index is 12.7. The summed E-state index contributed by atoms with van der Waals surface area (Å²) in [6, 6.07) is 6.91. The van der Waals surface area contributed by atoms with E-state index in [1.54, 1.807) is 0 Å². The molecule has 76 valence electrons. The highest BCUT2D eigenvalue weighted by atomic mass is 19.1. The molecule has 1 N–H and O–H groups in total. The minimum Gasteiger partial charge on any atom is -0.306 e. The van der Waals surface area contributed by atoms with E-state index in [2.05, 4.69) is 18.8 Å². The third kappa shape index (κ3) is 2.96. The van der Waals surface area contributed by atoms with Gasteiger partial charge in [-0.25, -0.2) is 4.39 Å². The molecule has 0 radical (unpaired) electrons. The average molecular weight is 193 g/mol. The second kappa shape index (κ2) is 5.55. The fourth-order valence-corrected chi connectivity index (χ4v) is 1.42. The van der Waals surface area contributed by atoms with E-state index in [0.717, 1.165) is 18.5 Å². The van der Waals surface area contributed by atoms with Gasteiger partial charge in [-0.05, 0) is 24.1 Å². The van der Waals surface area contributed by atoms with Crippen molar-refractivity contribution in [3.63, 3.8) is 0 Å². The van der Waals surface area contributed by atoms with E-state index in [1.807, 2.05) is 18.2 Å². The summed E-state index contributed by atoms with van der Waals surface area (Å²) in [6.45, 7) is 6.53. The van der Waals surface area contributed by atoms with Crippen LogP contribution in [0, 0.1) is 5.82 Å². The van der Waals surface area contributed by atoms with Gasteiger partial charge in [0.1, 0.15) is 5.82 Å². The van der Waals surface area contributed by atoms with E-state index in [1.165, 1.54) is 12.1 Å². The molecule has 1 atom stereocenters. The van der Waals surface area contributed by atoms with Crippen LogP contribution in [-0.4, -0.2) is 6.54 Å². The molecule has 0 amide bonds. The van der Waals surface area contributed by atoms with Crippen LogP contribution in [0.1, 0.15) is 24.9 Å². The highest BCUT2D eigenvalue weighted by molar-refractivity contribution is 5.19. The van der Waals surface area contributed by atoms with Crippen LogP contribution in [0.5, 0.6) is 0 Å². The molecule has 0 aliphatic heterocycles. The molecule has 1 aromatic rings. The van der Waals surface area contributed by atoms with Crippen LogP contribution in [0.2, 0.25) is 0 Å². The number of hydrogen-bond donors (Lipinski definition) is 1. The normalized spacial score (nSPS) is 12.4. The standard InChI is InChI=1S/C12H16FN/c1-3-9-14-12(4-2)10-5-7-11(13)8-6-10/h3,5-8,12,14H,1,4,9H2,2H3. The molecule has 2 heteroatoms. The SMILES string of the molecule is C=CCNC(CC)c1ccc(F)cc1. The predicted octanol–water partition coefficient (Wildman–Crippen LogP) is 3.05. The van der Waals surface area contributed by atoms with Crippen molar-refractivity contribution in [1.82, 2.24) is 5.32 Å². The number of benzene rings is 1. The Bertz CT molecular complexity index is 279. The molecule has 0 aromatic heterocycles. The van der Waals surface area contributed by atoms with Crippen LogP contribution < -0.4 is 5.32 Å². The van der Waals surface area contributed by atoms with Gasteiger partial charge in [0.15, 0.2) is 0 Å². The summed E-state index contributed by atoms with van der Waals surface area (Å²) in [5.74, 6) is -0.188. The molecule has 0 saturated heterocycles. The summed E-state index contributed by atoms with van der Waals surface area (Å²) in [5.41, 5.74) is 1.12. The predicted molar refractivity (Wildman–Crippen MR) is 57.6 cm³/mol. The van der Waals surface area contributed by atoms with Crippen molar-refractivity contribution in [3.8, 4) is 0 Å². The molecule has 1 unspecified atom stereocenters. The topological polar surface area (TPSA) is 12.0 Å². The monoisotopic (exact) mass is 193 g/mol. The summed E-state index contributed by atoms with van der Waals surface area (Å²) in [6.07, 6.45) is 2.81. The molecule has 1 aromatic carbocycles. The highest BCUT2D eigenvalue weighted by Crippen LogP contribution is 2.16. The van der Waals surface area contributed by atoms with Gasteiger partial charge in [-0.1, -0.05) is 25.1 Å². The molecular formula is C12H16FN. The van der Waals surface area contributed by atoms with Crippen molar-refractivity contribution in [3.05, 3.63) is 48.3 Å². The van der Waals surface area contributed by atoms with Gasteiger partial charge in [0.2, 0.25) is 0 Å². The highest BCUT2D eigenvalue weighted by Gasteiger charge is 2.06. The first-order chi connectivity index (χ1) is 6.77. The first-order valence-electron chi connectivity index (χ1n) is 4.87. The van der Waals surface area contributed by atoms with Crippen molar-refractivity contribution < 1.29 is 4.39 Å². The second-order valence-electron chi connectivity index (χ2n) is 3.21. The molecule has 0 fully saturated rings. The molecule has 0 saturated carbocycles. The Morgan fingerprint density at radius 2 is 2.07 bits per heavy atom. The zero-order valence-electron chi connectivity index (χ0n) is 8.46. The lowest BCUT2D eigenvalue weighted by Crippen LogP contribution is -2.20. The zero-order chi connectivity index (χ0) is 10.4. The third-order valence-electron chi connectivity index (χ3n) is 2.19. The minimum absolute atomic E-state index is 0.188. The minimum atomic E-state index is -0.188. The summed E-state index contributed by atoms with van der Waals surface area (Å²) in [7, 11) is 0. The average Bonchev–Trinajstić information content (AvgIpc) is 2.21. The Hall–Kier alpha value is -1.15. The molecule has 1 nitrogen and oxygen atoms in total. The van der Waals surface area contributed by atoms with E-state index in [0.29, 0.717) is 0 Å². The number of hydrogen-bond acceptors (Lipinski definition) is 1. The molecule has 0 spiro atoms. The van der Waals surface area contributed by atoms with Gasteiger partial charge in [0.05, 0.1) is 0 Å². The van der Waals surface area contributed by atoms with Crippen LogP contribution in [0.3, 0.4) is 0 Å². The van der Waals surface area contributed by atoms with Gasteiger partial charge in [-0.3, -0.25) is 0 Å². The Kier molecular flexibility index (Phi) is 4.33. The molecule has 14 heavy (non-hydrogen) atoms. The van der Waals surface area contributed by atoms with E-state index in [-0.39, 0.29) is 11.9 Å².